The van der Waals surface area contributed by atoms with Crippen molar-refractivity contribution < 1.29 is 9.42 Å². The Kier molecular flexibility index (Phi) is 3.83. The van der Waals surface area contributed by atoms with Crippen LogP contribution in [0.15, 0.2) is 45.1 Å². The lowest BCUT2D eigenvalue weighted by atomic mass is 9.73. The molecule has 1 aliphatic heterocycles. The van der Waals surface area contributed by atoms with Gasteiger partial charge in [-0.1, -0.05) is 26.0 Å². The van der Waals surface area contributed by atoms with Crippen LogP contribution in [0.4, 0.5) is 11.6 Å². The van der Waals surface area contributed by atoms with E-state index >= 15 is 0 Å². The van der Waals surface area contributed by atoms with E-state index in [1.54, 1.807) is 11.8 Å². The second-order valence-electron chi connectivity index (χ2n) is 7.27. The third-order valence-electron chi connectivity index (χ3n) is 4.70. The number of thioether (sulfide) groups is 1. The predicted molar refractivity (Wildman–Crippen MR) is 97.6 cm³/mol. The van der Waals surface area contributed by atoms with E-state index in [9.17, 15) is 4.79 Å². The Morgan fingerprint density at radius 1 is 1.16 bits per heavy atom. The summed E-state index contributed by atoms with van der Waals surface area (Å²) in [6.45, 7) is 4.22. The highest BCUT2D eigenvalue weighted by Crippen LogP contribution is 2.44. The van der Waals surface area contributed by atoms with Crippen molar-refractivity contribution in [1.82, 2.24) is 10.3 Å². The summed E-state index contributed by atoms with van der Waals surface area (Å²) in [6.07, 6.45) is 3.36. The normalized spacial score (nSPS) is 21.7. The second kappa shape index (κ2) is 5.91. The average molecular weight is 356 g/mol. The minimum absolute atomic E-state index is 0.0855. The number of carbonyl (C=O) groups is 1. The molecule has 0 fully saturated rings. The third-order valence-corrected chi connectivity index (χ3v) is 5.44. The van der Waals surface area contributed by atoms with E-state index < -0.39 is 0 Å². The first-order valence-corrected chi connectivity index (χ1v) is 9.46. The zero-order valence-electron chi connectivity index (χ0n) is 14.4. The molecule has 1 atom stereocenters. The van der Waals surface area contributed by atoms with Crippen molar-refractivity contribution in [3.8, 4) is 0 Å². The molecule has 1 aliphatic carbocycles. The van der Waals surface area contributed by atoms with Gasteiger partial charge in [-0.05, 0) is 46.1 Å². The number of allylic oxidation sites excluding steroid dienone is 1. The largest absolute Gasteiger partial charge is 0.353 e. The number of aromatic nitrogens is 2. The molecule has 0 radical (unpaired) electrons. The molecule has 2 aliphatic rings. The van der Waals surface area contributed by atoms with Crippen LogP contribution in [0.1, 0.15) is 38.3 Å². The molecular formula is C18H20N4O2S. The quantitative estimate of drug-likeness (QED) is 0.787. The summed E-state index contributed by atoms with van der Waals surface area (Å²) < 4.78 is 4.87. The Morgan fingerprint density at radius 2 is 1.88 bits per heavy atom. The highest BCUT2D eigenvalue weighted by atomic mass is 32.2. The molecule has 0 saturated carbocycles. The fourth-order valence-electron chi connectivity index (χ4n) is 3.54. The minimum Gasteiger partial charge on any atom is -0.353 e. The Morgan fingerprint density at radius 3 is 2.60 bits per heavy atom. The summed E-state index contributed by atoms with van der Waals surface area (Å²) in [5.74, 6) is 1.22. The zero-order valence-corrected chi connectivity index (χ0v) is 15.2. The highest BCUT2D eigenvalue weighted by Gasteiger charge is 2.39. The van der Waals surface area contributed by atoms with Gasteiger partial charge in [0.2, 0.25) is 11.6 Å². The molecule has 0 bridgehead atoms. The molecule has 2 aromatic rings. The van der Waals surface area contributed by atoms with Gasteiger partial charge in [-0.25, -0.2) is 4.63 Å². The molecule has 1 aromatic heterocycles. The summed E-state index contributed by atoms with van der Waals surface area (Å²) in [5, 5.41) is 14.5. The van der Waals surface area contributed by atoms with Gasteiger partial charge in [0.1, 0.15) is 0 Å². The van der Waals surface area contributed by atoms with Crippen molar-refractivity contribution in [2.24, 2.45) is 5.41 Å². The van der Waals surface area contributed by atoms with Crippen LogP contribution in [0.5, 0.6) is 0 Å². The summed E-state index contributed by atoms with van der Waals surface area (Å²) >= 11 is 1.69. The molecule has 0 unspecified atom stereocenters. The molecule has 130 valence electrons. The predicted octanol–water partition coefficient (Wildman–Crippen LogP) is 4.01. The minimum atomic E-state index is -0.268. The van der Waals surface area contributed by atoms with Crippen molar-refractivity contribution in [3.63, 3.8) is 0 Å². The van der Waals surface area contributed by atoms with Gasteiger partial charge >= 0.3 is 0 Å². The van der Waals surface area contributed by atoms with E-state index in [0.29, 0.717) is 18.1 Å². The van der Waals surface area contributed by atoms with Gasteiger partial charge in [0, 0.05) is 22.6 Å². The second-order valence-corrected chi connectivity index (χ2v) is 8.15. The molecule has 0 amide bonds. The number of fused-ring (bicyclic) bond motifs is 1. The Labute approximate surface area is 150 Å². The lowest BCUT2D eigenvalue weighted by molar-refractivity contribution is -0.118. The van der Waals surface area contributed by atoms with E-state index in [-0.39, 0.29) is 17.2 Å². The van der Waals surface area contributed by atoms with Crippen LogP contribution in [0.3, 0.4) is 0 Å². The molecule has 6 nitrogen and oxygen atoms in total. The van der Waals surface area contributed by atoms with Gasteiger partial charge in [-0.2, -0.15) is 0 Å². The van der Waals surface area contributed by atoms with Gasteiger partial charge in [0.15, 0.2) is 5.78 Å². The van der Waals surface area contributed by atoms with Crippen molar-refractivity contribution >= 4 is 29.2 Å². The molecule has 2 N–H and O–H groups in total. The van der Waals surface area contributed by atoms with Gasteiger partial charge in [0.05, 0.1) is 6.04 Å². The first kappa shape index (κ1) is 16.2. The average Bonchev–Trinajstić information content (AvgIpc) is 2.93. The maximum Gasteiger partial charge on any atom is 0.219 e. The van der Waals surface area contributed by atoms with Crippen molar-refractivity contribution in [2.45, 2.75) is 37.6 Å². The van der Waals surface area contributed by atoms with Gasteiger partial charge in [0.25, 0.3) is 0 Å². The molecule has 2 heterocycles. The van der Waals surface area contributed by atoms with Crippen molar-refractivity contribution in [2.75, 3.05) is 16.9 Å². The van der Waals surface area contributed by atoms with E-state index in [1.165, 1.54) is 4.90 Å². The van der Waals surface area contributed by atoms with Gasteiger partial charge < -0.3 is 10.6 Å². The number of carbonyl (C=O) groups excluding carboxylic acids is 1. The van der Waals surface area contributed by atoms with Crippen molar-refractivity contribution in [3.05, 3.63) is 41.1 Å². The van der Waals surface area contributed by atoms with E-state index in [2.05, 4.69) is 59.1 Å². The van der Waals surface area contributed by atoms with Gasteiger partial charge in [-0.3, -0.25) is 4.79 Å². The van der Waals surface area contributed by atoms with Crippen LogP contribution >= 0.6 is 11.8 Å². The van der Waals surface area contributed by atoms with Crippen LogP contribution in [0.2, 0.25) is 0 Å². The van der Waals surface area contributed by atoms with E-state index in [0.717, 1.165) is 23.3 Å². The molecule has 4 rings (SSSR count). The van der Waals surface area contributed by atoms with E-state index in [4.69, 9.17) is 4.63 Å². The Hall–Kier alpha value is -2.28. The molecule has 0 spiro atoms. The molecule has 7 heteroatoms. The van der Waals surface area contributed by atoms with Crippen LogP contribution < -0.4 is 10.6 Å². The number of hydrogen-bond acceptors (Lipinski definition) is 7. The Balaban J connectivity index is 1.83. The standard InChI is InChI=1S/C18H20N4O2S/c1-18(2)8-12-14(13(23)9-18)15(10-4-6-11(25-3)7-5-10)20-17-16(19-12)21-24-22-17/h4-7,15H,8-9H2,1-3H3,(H,19,21)(H,20,22)/t15-/m0/s1. The smallest absolute Gasteiger partial charge is 0.219 e. The summed E-state index contributed by atoms with van der Waals surface area (Å²) in [6, 6.07) is 7.98. The summed E-state index contributed by atoms with van der Waals surface area (Å²) in [4.78, 5) is 14.2. The van der Waals surface area contributed by atoms with E-state index in [1.807, 2.05) is 6.26 Å². The SMILES string of the molecule is CSc1ccc([C@@H]2Nc3nonc3NC3=C2C(=O)CC(C)(C)C3)cc1. The highest BCUT2D eigenvalue weighted by molar-refractivity contribution is 7.98. The fourth-order valence-corrected chi connectivity index (χ4v) is 3.95. The number of anilines is 2. The van der Waals surface area contributed by atoms with Crippen molar-refractivity contribution in [1.29, 1.82) is 0 Å². The zero-order chi connectivity index (χ0) is 17.6. The topological polar surface area (TPSA) is 80.1 Å². The maximum absolute atomic E-state index is 13.0. The lowest BCUT2D eigenvalue weighted by Gasteiger charge is -2.34. The number of Topliss-reactive ketones (excluding diaryl/α,β-unsaturated/α-hetero) is 1. The van der Waals surface area contributed by atoms with Crippen LogP contribution in [-0.2, 0) is 4.79 Å². The molecule has 1 aromatic carbocycles. The van der Waals surface area contributed by atoms with Crippen LogP contribution in [0, 0.1) is 5.41 Å². The fraction of sp³-hybridized carbons (Fsp3) is 0.389. The van der Waals surface area contributed by atoms with Crippen LogP contribution in [0.25, 0.3) is 0 Å². The monoisotopic (exact) mass is 356 g/mol. The van der Waals surface area contributed by atoms with Crippen LogP contribution in [-0.4, -0.2) is 22.4 Å². The summed E-state index contributed by atoms with van der Waals surface area (Å²) in [5.41, 5.74) is 2.62. The number of ketones is 1. The first-order valence-electron chi connectivity index (χ1n) is 8.23. The number of rotatable bonds is 2. The lowest BCUT2D eigenvalue weighted by Crippen LogP contribution is -2.31. The number of benzene rings is 1. The molecular weight excluding hydrogens is 336 g/mol. The maximum atomic E-state index is 13.0. The number of nitrogens with zero attached hydrogens (tertiary/aromatic N) is 2. The third kappa shape index (κ3) is 2.93. The van der Waals surface area contributed by atoms with Gasteiger partial charge in [-0.15, -0.1) is 11.8 Å². The Bertz CT molecular complexity index is 854. The summed E-state index contributed by atoms with van der Waals surface area (Å²) in [7, 11) is 0. The number of nitrogens with one attached hydrogen (secondary N) is 2. The first-order chi connectivity index (χ1) is 12.0. The molecule has 0 saturated heterocycles. The number of hydrogen-bond donors (Lipinski definition) is 2. The molecule has 25 heavy (non-hydrogen) atoms.